The lowest BCUT2D eigenvalue weighted by molar-refractivity contribution is -0.929. The summed E-state index contributed by atoms with van der Waals surface area (Å²) in [4.78, 5) is 14.0. The number of quaternary nitrogens is 1. The van der Waals surface area contributed by atoms with E-state index >= 15 is 0 Å². The molecule has 1 amide bonds. The number of carbonyl (C=O) groups is 1. The van der Waals surface area contributed by atoms with E-state index in [2.05, 4.69) is 60.8 Å². The topological polar surface area (TPSA) is 33.5 Å². The summed E-state index contributed by atoms with van der Waals surface area (Å²) >= 11 is 0. The Balaban J connectivity index is 1.34. The summed E-state index contributed by atoms with van der Waals surface area (Å²) in [6.45, 7) is 5.87. The molecule has 0 bridgehead atoms. The highest BCUT2D eigenvalue weighted by atomic mass is 16.1. The monoisotopic (exact) mass is 371 g/mol. The van der Waals surface area contributed by atoms with Crippen molar-refractivity contribution in [2.24, 2.45) is 0 Å². The van der Waals surface area contributed by atoms with Crippen LogP contribution in [0.2, 0.25) is 0 Å². The summed E-state index contributed by atoms with van der Waals surface area (Å²) in [5, 5.41) is 3.02. The van der Waals surface area contributed by atoms with Gasteiger partial charge in [0.1, 0.15) is 13.1 Å². The Morgan fingerprint density at radius 3 is 2.43 bits per heavy atom. The van der Waals surface area contributed by atoms with Crippen LogP contribution in [0.5, 0.6) is 0 Å². The number of amides is 1. The van der Waals surface area contributed by atoms with E-state index in [1.807, 2.05) is 24.3 Å². The number of hydrogen-bond acceptors (Lipinski definition) is 1. The van der Waals surface area contributed by atoms with Gasteiger partial charge in [0.15, 0.2) is 0 Å². The van der Waals surface area contributed by atoms with Crippen LogP contribution >= 0.6 is 0 Å². The summed E-state index contributed by atoms with van der Waals surface area (Å²) in [7, 11) is 0. The molecule has 0 aliphatic carbocycles. The van der Waals surface area contributed by atoms with Gasteiger partial charge in [0.05, 0.1) is 6.54 Å². The number of benzene rings is 3. The van der Waals surface area contributed by atoms with Crippen LogP contribution < -0.4 is 10.2 Å². The minimum atomic E-state index is -0.0194. The van der Waals surface area contributed by atoms with Crippen molar-refractivity contribution in [3.8, 4) is 0 Å². The molecule has 0 saturated heterocycles. The first kappa shape index (κ1) is 18.5. The Bertz CT molecular complexity index is 962. The smallest absolute Gasteiger partial charge is 0.251 e. The van der Waals surface area contributed by atoms with Crippen LogP contribution in [0.4, 0.5) is 0 Å². The Kier molecular flexibility index (Phi) is 5.54. The molecule has 3 nitrogen and oxygen atoms in total. The lowest BCUT2D eigenvalue weighted by Crippen LogP contribution is -3.10. The summed E-state index contributed by atoms with van der Waals surface area (Å²) in [6, 6.07) is 25.0. The minimum Gasteiger partial charge on any atom is -0.348 e. The maximum atomic E-state index is 12.5. The fourth-order valence-corrected chi connectivity index (χ4v) is 3.94. The van der Waals surface area contributed by atoms with E-state index in [0.717, 1.165) is 37.2 Å². The van der Waals surface area contributed by atoms with E-state index in [1.54, 1.807) is 4.90 Å². The molecule has 3 aromatic carbocycles. The fraction of sp³-hybridized carbons (Fsp3) is 0.240. The summed E-state index contributed by atoms with van der Waals surface area (Å²) < 4.78 is 0. The summed E-state index contributed by atoms with van der Waals surface area (Å²) in [6.07, 6.45) is 1.14. The summed E-state index contributed by atoms with van der Waals surface area (Å²) in [5.41, 5.74) is 7.31. The Morgan fingerprint density at radius 2 is 1.64 bits per heavy atom. The molecule has 142 valence electrons. The van der Waals surface area contributed by atoms with E-state index in [0.29, 0.717) is 6.54 Å². The van der Waals surface area contributed by atoms with Crippen LogP contribution in [0.25, 0.3) is 0 Å². The molecule has 2 N–H and O–H groups in total. The van der Waals surface area contributed by atoms with Crippen LogP contribution in [0, 0.1) is 6.92 Å². The maximum Gasteiger partial charge on any atom is 0.251 e. The maximum absolute atomic E-state index is 12.5. The van der Waals surface area contributed by atoms with E-state index < -0.39 is 0 Å². The third-order valence-electron chi connectivity index (χ3n) is 5.68. The molecule has 28 heavy (non-hydrogen) atoms. The Labute approximate surface area is 167 Å². The van der Waals surface area contributed by atoms with Gasteiger partial charge >= 0.3 is 0 Å². The van der Waals surface area contributed by atoms with Gasteiger partial charge in [-0.25, -0.2) is 0 Å². The van der Waals surface area contributed by atoms with Gasteiger partial charge in [0.2, 0.25) is 0 Å². The third-order valence-corrected chi connectivity index (χ3v) is 5.68. The molecule has 0 fully saturated rings. The third kappa shape index (κ3) is 4.32. The molecule has 3 aromatic rings. The van der Waals surface area contributed by atoms with Crippen LogP contribution in [-0.2, 0) is 26.1 Å². The standard InChI is InChI=1S/C25H26N2O/c1-19-6-2-3-8-23(19)16-26-25(28)22-12-10-20(11-13-22)17-27-15-14-21-7-4-5-9-24(21)18-27/h2-13H,14-18H2,1H3,(H,26,28)/p+1. The highest BCUT2D eigenvalue weighted by molar-refractivity contribution is 5.94. The van der Waals surface area contributed by atoms with Crippen molar-refractivity contribution < 1.29 is 9.69 Å². The molecule has 1 unspecified atom stereocenters. The second-order valence-corrected chi connectivity index (χ2v) is 7.68. The van der Waals surface area contributed by atoms with Crippen LogP contribution in [0.1, 0.15) is 38.2 Å². The number of carbonyl (C=O) groups excluding carboxylic acids is 1. The van der Waals surface area contributed by atoms with Gasteiger partial charge in [-0.1, -0.05) is 60.7 Å². The lowest BCUT2D eigenvalue weighted by atomic mass is 9.99. The zero-order valence-corrected chi connectivity index (χ0v) is 16.4. The lowest BCUT2D eigenvalue weighted by Gasteiger charge is -2.26. The van der Waals surface area contributed by atoms with Crippen molar-refractivity contribution in [2.75, 3.05) is 6.54 Å². The normalized spacial score (nSPS) is 15.7. The van der Waals surface area contributed by atoms with Gasteiger partial charge in [-0.15, -0.1) is 0 Å². The molecule has 4 rings (SSSR count). The number of hydrogen-bond donors (Lipinski definition) is 2. The molecule has 3 heteroatoms. The molecular formula is C25H27N2O+. The van der Waals surface area contributed by atoms with Crippen LogP contribution in [0.15, 0.2) is 72.8 Å². The average molecular weight is 372 g/mol. The van der Waals surface area contributed by atoms with Crippen LogP contribution in [0.3, 0.4) is 0 Å². The predicted molar refractivity (Wildman–Crippen MR) is 112 cm³/mol. The second kappa shape index (κ2) is 8.41. The zero-order valence-electron chi connectivity index (χ0n) is 16.4. The molecule has 1 heterocycles. The number of aryl methyl sites for hydroxylation is 1. The first-order valence-corrected chi connectivity index (χ1v) is 10.0. The zero-order chi connectivity index (χ0) is 19.3. The predicted octanol–water partition coefficient (Wildman–Crippen LogP) is 3.07. The molecule has 1 aliphatic heterocycles. The SMILES string of the molecule is Cc1ccccc1CNC(=O)c1ccc(C[NH+]2CCc3ccccc3C2)cc1. The quantitative estimate of drug-likeness (QED) is 0.710. The second-order valence-electron chi connectivity index (χ2n) is 7.68. The van der Waals surface area contributed by atoms with Gasteiger partial charge in [0, 0.05) is 29.7 Å². The fourth-order valence-electron chi connectivity index (χ4n) is 3.94. The van der Waals surface area contributed by atoms with Gasteiger partial charge in [-0.2, -0.15) is 0 Å². The highest BCUT2D eigenvalue weighted by Crippen LogP contribution is 2.12. The van der Waals surface area contributed by atoms with Crippen molar-refractivity contribution >= 4 is 5.91 Å². The Morgan fingerprint density at radius 1 is 0.929 bits per heavy atom. The molecule has 1 aliphatic rings. The van der Waals surface area contributed by atoms with Crippen molar-refractivity contribution in [1.29, 1.82) is 0 Å². The van der Waals surface area contributed by atoms with E-state index in [1.165, 1.54) is 22.3 Å². The van der Waals surface area contributed by atoms with E-state index in [-0.39, 0.29) is 5.91 Å². The minimum absolute atomic E-state index is 0.0194. The van der Waals surface area contributed by atoms with E-state index in [9.17, 15) is 4.79 Å². The largest absolute Gasteiger partial charge is 0.348 e. The molecule has 0 spiro atoms. The van der Waals surface area contributed by atoms with Crippen molar-refractivity contribution in [3.63, 3.8) is 0 Å². The first-order valence-electron chi connectivity index (χ1n) is 10.0. The molecule has 0 radical (unpaired) electrons. The van der Waals surface area contributed by atoms with Crippen LogP contribution in [-0.4, -0.2) is 12.5 Å². The highest BCUT2D eigenvalue weighted by Gasteiger charge is 2.19. The van der Waals surface area contributed by atoms with E-state index in [4.69, 9.17) is 0 Å². The molecule has 1 atom stereocenters. The Hall–Kier alpha value is -2.91. The summed E-state index contributed by atoms with van der Waals surface area (Å²) in [5.74, 6) is -0.0194. The van der Waals surface area contributed by atoms with Gasteiger partial charge in [-0.05, 0) is 35.7 Å². The van der Waals surface area contributed by atoms with Crippen molar-refractivity contribution in [1.82, 2.24) is 5.32 Å². The molecule has 0 aromatic heterocycles. The average Bonchev–Trinajstić information content (AvgIpc) is 2.73. The van der Waals surface area contributed by atoms with Gasteiger partial charge in [-0.3, -0.25) is 4.79 Å². The molecular weight excluding hydrogens is 344 g/mol. The van der Waals surface area contributed by atoms with Gasteiger partial charge < -0.3 is 10.2 Å². The van der Waals surface area contributed by atoms with Crippen molar-refractivity contribution in [2.45, 2.75) is 33.0 Å². The van der Waals surface area contributed by atoms with Crippen molar-refractivity contribution in [3.05, 3.63) is 106 Å². The van der Waals surface area contributed by atoms with Gasteiger partial charge in [0.25, 0.3) is 5.91 Å². The number of nitrogens with one attached hydrogen (secondary N) is 2. The number of rotatable bonds is 5. The first-order chi connectivity index (χ1) is 13.7. The molecule has 0 saturated carbocycles. The number of fused-ring (bicyclic) bond motifs is 1.